The molecule has 4 N–H and O–H groups in total. The fourth-order valence-electron chi connectivity index (χ4n) is 3.60. The van der Waals surface area contributed by atoms with Crippen LogP contribution in [0.2, 0.25) is 0 Å². The first-order valence-corrected chi connectivity index (χ1v) is 10.3. The van der Waals surface area contributed by atoms with E-state index in [1.807, 2.05) is 12.1 Å². The van der Waals surface area contributed by atoms with E-state index in [0.29, 0.717) is 18.9 Å². The summed E-state index contributed by atoms with van der Waals surface area (Å²) in [6, 6.07) is 14.7. The number of methoxy groups -OCH3 is 1. The molecule has 1 fully saturated rings. The molecule has 0 aliphatic carbocycles. The third kappa shape index (κ3) is 5.36. The number of nitriles is 1. The number of halogens is 1. The monoisotopic (exact) mass is 433 g/mol. The summed E-state index contributed by atoms with van der Waals surface area (Å²) in [6.07, 6.45) is 3.69. The van der Waals surface area contributed by atoms with Gasteiger partial charge in [-0.05, 0) is 29.3 Å². The van der Waals surface area contributed by atoms with Crippen molar-refractivity contribution in [2.45, 2.75) is 31.7 Å². The zero-order valence-corrected chi connectivity index (χ0v) is 17.6. The van der Waals surface area contributed by atoms with Crippen LogP contribution in [0.4, 0.5) is 10.2 Å². The van der Waals surface area contributed by atoms with Crippen LogP contribution >= 0.6 is 0 Å². The molecule has 9 heteroatoms. The molecule has 1 saturated heterocycles. The summed E-state index contributed by atoms with van der Waals surface area (Å²) in [7, 11) is 1.67. The molecule has 0 bridgehead atoms. The van der Waals surface area contributed by atoms with Gasteiger partial charge in [0.1, 0.15) is 23.5 Å². The number of nitrogens with zero attached hydrogens (tertiary/aromatic N) is 3. The normalized spacial score (nSPS) is 17.7. The van der Waals surface area contributed by atoms with Gasteiger partial charge < -0.3 is 15.4 Å². The predicted molar refractivity (Wildman–Crippen MR) is 118 cm³/mol. The number of ether oxygens (including phenoxy) is 1. The SMILES string of the molecule is COc1cc(CNCc2ccc(F)cc2)ccc1C1CC(Nc2cnc(C#N)cn2)NN1. The van der Waals surface area contributed by atoms with Crippen LogP contribution in [-0.2, 0) is 13.1 Å². The molecule has 1 aliphatic rings. The van der Waals surface area contributed by atoms with Crippen molar-refractivity contribution in [2.75, 3.05) is 12.4 Å². The minimum absolute atomic E-state index is 0.0509. The van der Waals surface area contributed by atoms with Crippen molar-refractivity contribution in [1.82, 2.24) is 26.1 Å². The van der Waals surface area contributed by atoms with Crippen LogP contribution in [0.1, 0.15) is 34.8 Å². The Bertz CT molecular complexity index is 1080. The highest BCUT2D eigenvalue weighted by molar-refractivity contribution is 5.41. The van der Waals surface area contributed by atoms with Crippen LogP contribution in [0, 0.1) is 17.1 Å². The minimum Gasteiger partial charge on any atom is -0.496 e. The molecule has 2 aromatic carbocycles. The van der Waals surface area contributed by atoms with Crippen molar-refractivity contribution in [3.63, 3.8) is 0 Å². The van der Waals surface area contributed by atoms with E-state index in [1.165, 1.54) is 18.3 Å². The lowest BCUT2D eigenvalue weighted by atomic mass is 10.0. The Morgan fingerprint density at radius 2 is 1.88 bits per heavy atom. The smallest absolute Gasteiger partial charge is 0.158 e. The number of rotatable bonds is 8. The Kier molecular flexibility index (Phi) is 6.87. The van der Waals surface area contributed by atoms with Crippen molar-refractivity contribution >= 4 is 5.82 Å². The van der Waals surface area contributed by atoms with E-state index in [2.05, 4.69) is 43.6 Å². The molecule has 164 valence electrons. The van der Waals surface area contributed by atoms with E-state index in [4.69, 9.17) is 10.00 Å². The highest BCUT2D eigenvalue weighted by atomic mass is 19.1. The van der Waals surface area contributed by atoms with Crippen molar-refractivity contribution in [3.8, 4) is 11.8 Å². The Morgan fingerprint density at radius 3 is 2.59 bits per heavy atom. The van der Waals surface area contributed by atoms with Gasteiger partial charge >= 0.3 is 0 Å². The maximum Gasteiger partial charge on any atom is 0.158 e. The van der Waals surface area contributed by atoms with E-state index in [-0.39, 0.29) is 23.7 Å². The largest absolute Gasteiger partial charge is 0.496 e. The number of hydrogen-bond acceptors (Lipinski definition) is 8. The quantitative estimate of drug-likeness (QED) is 0.430. The van der Waals surface area contributed by atoms with Gasteiger partial charge in [0.15, 0.2) is 5.69 Å². The number of anilines is 1. The summed E-state index contributed by atoms with van der Waals surface area (Å²) in [4.78, 5) is 8.22. The Hall–Kier alpha value is -3.58. The topological polar surface area (TPSA) is 107 Å². The summed E-state index contributed by atoms with van der Waals surface area (Å²) in [6.45, 7) is 1.33. The van der Waals surface area contributed by atoms with Gasteiger partial charge in [-0.1, -0.05) is 24.3 Å². The van der Waals surface area contributed by atoms with Crippen molar-refractivity contribution in [1.29, 1.82) is 5.26 Å². The summed E-state index contributed by atoms with van der Waals surface area (Å²) in [5, 5.41) is 15.5. The maximum absolute atomic E-state index is 13.0. The van der Waals surface area contributed by atoms with Gasteiger partial charge in [0.2, 0.25) is 0 Å². The van der Waals surface area contributed by atoms with Crippen LogP contribution < -0.4 is 26.2 Å². The average Bonchev–Trinajstić information content (AvgIpc) is 3.29. The zero-order chi connectivity index (χ0) is 22.3. The van der Waals surface area contributed by atoms with Crippen LogP contribution in [0.5, 0.6) is 5.75 Å². The molecular formula is C23H24FN7O. The predicted octanol–water partition coefficient (Wildman–Crippen LogP) is 2.76. The van der Waals surface area contributed by atoms with Gasteiger partial charge in [-0.2, -0.15) is 5.26 Å². The van der Waals surface area contributed by atoms with Gasteiger partial charge in [0, 0.05) is 25.1 Å². The second-order valence-corrected chi connectivity index (χ2v) is 7.48. The van der Waals surface area contributed by atoms with Crippen LogP contribution in [-0.4, -0.2) is 23.2 Å². The van der Waals surface area contributed by atoms with Gasteiger partial charge in [-0.25, -0.2) is 25.2 Å². The van der Waals surface area contributed by atoms with Crippen LogP contribution in [0.3, 0.4) is 0 Å². The fourth-order valence-corrected chi connectivity index (χ4v) is 3.60. The molecule has 0 amide bonds. The molecule has 0 spiro atoms. The molecule has 8 nitrogen and oxygen atoms in total. The number of nitrogens with one attached hydrogen (secondary N) is 4. The second-order valence-electron chi connectivity index (χ2n) is 7.48. The summed E-state index contributed by atoms with van der Waals surface area (Å²) >= 11 is 0. The molecule has 0 radical (unpaired) electrons. The molecule has 2 unspecified atom stereocenters. The van der Waals surface area contributed by atoms with Gasteiger partial charge in [0.05, 0.1) is 31.7 Å². The zero-order valence-electron chi connectivity index (χ0n) is 17.6. The van der Waals surface area contributed by atoms with Gasteiger partial charge in [-0.15, -0.1) is 0 Å². The third-order valence-corrected chi connectivity index (χ3v) is 5.24. The van der Waals surface area contributed by atoms with E-state index in [1.54, 1.807) is 25.4 Å². The Morgan fingerprint density at radius 1 is 1.09 bits per heavy atom. The molecule has 3 aromatic rings. The van der Waals surface area contributed by atoms with Crippen molar-refractivity contribution < 1.29 is 9.13 Å². The summed E-state index contributed by atoms with van der Waals surface area (Å²) in [5.41, 5.74) is 9.97. The standard InChI is InChI=1S/C23H24FN7O/c1-32-21-8-16(12-26-11-15-2-5-17(24)6-3-15)4-7-19(21)20-9-22(31-30-20)29-23-14-27-18(10-25)13-28-23/h2-8,13-14,20,22,26,30-31H,9,11-12H2,1H3,(H,28,29). The van der Waals surface area contributed by atoms with Crippen LogP contribution in [0.15, 0.2) is 54.9 Å². The first-order valence-electron chi connectivity index (χ1n) is 10.3. The molecule has 32 heavy (non-hydrogen) atoms. The van der Waals surface area contributed by atoms with E-state index >= 15 is 0 Å². The molecule has 1 aliphatic heterocycles. The molecule has 0 saturated carbocycles. The number of benzene rings is 2. The van der Waals surface area contributed by atoms with Crippen molar-refractivity contribution in [2.24, 2.45) is 0 Å². The van der Waals surface area contributed by atoms with E-state index in [0.717, 1.165) is 28.9 Å². The number of hydrazine groups is 1. The maximum atomic E-state index is 13.0. The summed E-state index contributed by atoms with van der Waals surface area (Å²) < 4.78 is 18.7. The minimum atomic E-state index is -0.230. The van der Waals surface area contributed by atoms with E-state index in [9.17, 15) is 4.39 Å². The highest BCUT2D eigenvalue weighted by Gasteiger charge is 2.27. The fraction of sp³-hybridized carbons (Fsp3) is 0.261. The molecule has 1 aromatic heterocycles. The number of hydrogen-bond donors (Lipinski definition) is 4. The van der Waals surface area contributed by atoms with Crippen LogP contribution in [0.25, 0.3) is 0 Å². The lowest BCUT2D eigenvalue weighted by molar-refractivity contribution is 0.401. The number of aromatic nitrogens is 2. The first-order chi connectivity index (χ1) is 15.6. The summed E-state index contributed by atoms with van der Waals surface area (Å²) in [5.74, 6) is 1.18. The first kappa shape index (κ1) is 21.6. The second kappa shape index (κ2) is 10.2. The van der Waals surface area contributed by atoms with E-state index < -0.39 is 0 Å². The molecule has 4 rings (SSSR count). The third-order valence-electron chi connectivity index (χ3n) is 5.24. The Labute approximate surface area is 185 Å². The average molecular weight is 433 g/mol. The molecule has 2 heterocycles. The van der Waals surface area contributed by atoms with Gasteiger partial charge in [0.25, 0.3) is 0 Å². The Balaban J connectivity index is 1.34. The molecular weight excluding hydrogens is 409 g/mol. The lowest BCUT2D eigenvalue weighted by Gasteiger charge is -2.16. The molecule has 2 atom stereocenters. The lowest BCUT2D eigenvalue weighted by Crippen LogP contribution is -2.36. The highest BCUT2D eigenvalue weighted by Crippen LogP contribution is 2.31. The van der Waals surface area contributed by atoms with Gasteiger partial charge in [-0.3, -0.25) is 0 Å². The van der Waals surface area contributed by atoms with Crippen molar-refractivity contribution in [3.05, 3.63) is 83.1 Å².